The summed E-state index contributed by atoms with van der Waals surface area (Å²) in [6, 6.07) is 11.7. The van der Waals surface area contributed by atoms with Crippen LogP contribution in [-0.2, 0) is 22.4 Å². The summed E-state index contributed by atoms with van der Waals surface area (Å²) in [4.78, 5) is 31.8. The van der Waals surface area contributed by atoms with Gasteiger partial charge in [0.1, 0.15) is 5.60 Å². The molecule has 7 nitrogen and oxygen atoms in total. The molecule has 31 heavy (non-hydrogen) atoms. The van der Waals surface area contributed by atoms with Crippen LogP contribution in [0.2, 0.25) is 0 Å². The maximum Gasteiger partial charge on any atom is 0.410 e. The predicted molar refractivity (Wildman–Crippen MR) is 120 cm³/mol. The van der Waals surface area contributed by atoms with Crippen molar-refractivity contribution in [3.63, 3.8) is 0 Å². The van der Waals surface area contributed by atoms with Gasteiger partial charge in [-0.2, -0.15) is 0 Å². The second-order valence-corrected chi connectivity index (χ2v) is 8.93. The van der Waals surface area contributed by atoms with E-state index in [0.29, 0.717) is 19.8 Å². The third-order valence-electron chi connectivity index (χ3n) is 5.29. The molecule has 1 amide bonds. The van der Waals surface area contributed by atoms with Crippen molar-refractivity contribution in [2.24, 2.45) is 0 Å². The van der Waals surface area contributed by atoms with Gasteiger partial charge in [0.2, 0.25) is 0 Å². The van der Waals surface area contributed by atoms with Gasteiger partial charge in [-0.25, -0.2) is 4.79 Å². The van der Waals surface area contributed by atoms with Crippen molar-refractivity contribution in [3.05, 3.63) is 69.6 Å². The summed E-state index contributed by atoms with van der Waals surface area (Å²) in [7, 11) is 1.69. The van der Waals surface area contributed by atoms with Crippen molar-refractivity contribution in [2.45, 2.75) is 45.4 Å². The molecule has 1 atom stereocenters. The summed E-state index contributed by atoms with van der Waals surface area (Å²) in [6.45, 7) is 8.28. The van der Waals surface area contributed by atoms with Crippen molar-refractivity contribution >= 4 is 6.09 Å². The molecule has 0 aliphatic carbocycles. The van der Waals surface area contributed by atoms with Crippen LogP contribution < -0.4 is 5.43 Å². The van der Waals surface area contributed by atoms with E-state index in [9.17, 15) is 9.59 Å². The van der Waals surface area contributed by atoms with E-state index in [2.05, 4.69) is 22.0 Å². The number of pyridine rings is 1. The Morgan fingerprint density at radius 2 is 1.97 bits per heavy atom. The Bertz CT molecular complexity index is 920. The van der Waals surface area contributed by atoms with Crippen LogP contribution in [0.25, 0.3) is 0 Å². The van der Waals surface area contributed by atoms with Gasteiger partial charge in [-0.15, -0.1) is 0 Å². The topological polar surface area (TPSA) is 74.9 Å². The number of aromatic amines is 1. The van der Waals surface area contributed by atoms with Crippen LogP contribution in [0.1, 0.15) is 43.6 Å². The average Bonchev–Trinajstić information content (AvgIpc) is 2.71. The minimum atomic E-state index is -0.531. The van der Waals surface area contributed by atoms with Gasteiger partial charge in [0.15, 0.2) is 5.43 Å². The molecular weight excluding hydrogens is 394 g/mol. The molecule has 1 aliphatic rings. The van der Waals surface area contributed by atoms with Crippen LogP contribution in [0.3, 0.4) is 0 Å². The summed E-state index contributed by atoms with van der Waals surface area (Å²) in [5.41, 5.74) is 2.47. The molecule has 0 saturated heterocycles. The Morgan fingerprint density at radius 1 is 1.23 bits per heavy atom. The van der Waals surface area contributed by atoms with Crippen LogP contribution in [-0.4, -0.2) is 59.8 Å². The number of nitrogens with zero attached hydrogens (tertiary/aromatic N) is 2. The Balaban J connectivity index is 1.64. The van der Waals surface area contributed by atoms with Crippen LogP contribution in [0.5, 0.6) is 0 Å². The molecule has 2 aromatic rings. The first kappa shape index (κ1) is 23.0. The Labute approximate surface area is 184 Å². The number of ether oxygens (including phenoxy) is 2. The average molecular weight is 428 g/mol. The number of nitrogens with one attached hydrogen (secondary N) is 1. The lowest BCUT2D eigenvalue weighted by atomic mass is 9.96. The Morgan fingerprint density at radius 3 is 2.68 bits per heavy atom. The van der Waals surface area contributed by atoms with E-state index in [1.807, 2.05) is 39.0 Å². The molecular formula is C24H33N3O4. The van der Waals surface area contributed by atoms with Gasteiger partial charge >= 0.3 is 6.09 Å². The largest absolute Gasteiger partial charge is 0.444 e. The van der Waals surface area contributed by atoms with Crippen molar-refractivity contribution in [2.75, 3.05) is 33.4 Å². The Kier molecular flexibility index (Phi) is 7.51. The molecule has 168 valence electrons. The lowest BCUT2D eigenvalue weighted by molar-refractivity contribution is 0.0148. The summed E-state index contributed by atoms with van der Waals surface area (Å²) in [5, 5.41) is 0. The van der Waals surface area contributed by atoms with Crippen LogP contribution >= 0.6 is 0 Å². The maximum absolute atomic E-state index is 12.7. The normalized spacial score (nSPS) is 16.6. The van der Waals surface area contributed by atoms with Gasteiger partial charge in [-0.05, 0) is 26.3 Å². The summed E-state index contributed by atoms with van der Waals surface area (Å²) in [6.07, 6.45) is 2.14. The van der Waals surface area contributed by atoms with Gasteiger partial charge in [-0.1, -0.05) is 30.3 Å². The lowest BCUT2D eigenvalue weighted by Gasteiger charge is -2.36. The minimum Gasteiger partial charge on any atom is -0.444 e. The number of carbonyl (C=O) groups excluding carboxylic acids is 1. The van der Waals surface area contributed by atoms with E-state index in [0.717, 1.165) is 30.8 Å². The molecule has 3 rings (SSSR count). The molecule has 1 aromatic heterocycles. The Hall–Kier alpha value is -2.64. The zero-order chi connectivity index (χ0) is 22.4. The third kappa shape index (κ3) is 6.42. The highest BCUT2D eigenvalue weighted by atomic mass is 16.6. The number of H-pyrrole nitrogens is 1. The van der Waals surface area contributed by atoms with Gasteiger partial charge in [-0.3, -0.25) is 9.69 Å². The molecule has 1 aliphatic heterocycles. The standard InChI is InChI=1S/C24H33N3O4/c1-24(2,3)31-23(29)26(4)14-15-30-17-20-22-19(25-12-10-21(22)28)11-13-27(20)16-18-8-6-5-7-9-18/h5-10,12,20H,11,13-17H2,1-4H3,(H,25,28). The van der Waals surface area contributed by atoms with E-state index >= 15 is 0 Å². The molecule has 1 aromatic carbocycles. The first-order valence-electron chi connectivity index (χ1n) is 10.7. The molecule has 1 unspecified atom stereocenters. The lowest BCUT2D eigenvalue weighted by Crippen LogP contribution is -2.41. The highest BCUT2D eigenvalue weighted by Crippen LogP contribution is 2.28. The van der Waals surface area contributed by atoms with E-state index in [1.54, 1.807) is 19.3 Å². The number of rotatable bonds is 7. The van der Waals surface area contributed by atoms with E-state index in [-0.39, 0.29) is 17.6 Å². The van der Waals surface area contributed by atoms with Crippen molar-refractivity contribution < 1.29 is 14.3 Å². The second kappa shape index (κ2) is 10.1. The first-order chi connectivity index (χ1) is 14.7. The summed E-state index contributed by atoms with van der Waals surface area (Å²) in [5.74, 6) is 0. The van der Waals surface area contributed by atoms with Crippen LogP contribution in [0, 0.1) is 0 Å². The number of likely N-dealkylation sites (N-methyl/N-ethyl adjacent to an activating group) is 1. The minimum absolute atomic E-state index is 0.0333. The van der Waals surface area contributed by atoms with Gasteiger partial charge in [0, 0.05) is 56.6 Å². The summed E-state index contributed by atoms with van der Waals surface area (Å²) < 4.78 is 11.3. The number of benzene rings is 1. The number of fused-ring (bicyclic) bond motifs is 1. The van der Waals surface area contributed by atoms with Gasteiger partial charge in [0.05, 0.1) is 19.3 Å². The molecule has 2 heterocycles. The number of amides is 1. The van der Waals surface area contributed by atoms with Gasteiger partial charge in [0.25, 0.3) is 0 Å². The van der Waals surface area contributed by atoms with Gasteiger partial charge < -0.3 is 19.4 Å². The molecule has 0 fully saturated rings. The number of hydrogen-bond donors (Lipinski definition) is 1. The SMILES string of the molecule is CN(CCOCC1c2c([nH]ccc2=O)CCN1Cc1ccccc1)C(=O)OC(C)(C)C. The predicted octanol–water partition coefficient (Wildman–Crippen LogP) is 3.36. The zero-order valence-electron chi connectivity index (χ0n) is 18.9. The van der Waals surface area contributed by atoms with E-state index < -0.39 is 5.60 Å². The monoisotopic (exact) mass is 427 g/mol. The molecule has 7 heteroatoms. The van der Waals surface area contributed by atoms with Crippen LogP contribution in [0.4, 0.5) is 4.79 Å². The summed E-state index contributed by atoms with van der Waals surface area (Å²) >= 11 is 0. The fourth-order valence-electron chi connectivity index (χ4n) is 3.72. The molecule has 0 spiro atoms. The molecule has 0 saturated carbocycles. The van der Waals surface area contributed by atoms with Crippen molar-refractivity contribution in [3.8, 4) is 0 Å². The quantitative estimate of drug-likeness (QED) is 0.686. The highest BCUT2D eigenvalue weighted by molar-refractivity contribution is 5.67. The van der Waals surface area contributed by atoms with E-state index in [4.69, 9.17) is 9.47 Å². The fourth-order valence-corrected chi connectivity index (χ4v) is 3.72. The number of carbonyl (C=O) groups is 1. The molecule has 0 radical (unpaired) electrons. The smallest absolute Gasteiger partial charge is 0.410 e. The molecule has 1 N–H and O–H groups in total. The van der Waals surface area contributed by atoms with Crippen molar-refractivity contribution in [1.82, 2.24) is 14.8 Å². The maximum atomic E-state index is 12.7. The second-order valence-electron chi connectivity index (χ2n) is 8.93. The number of hydrogen-bond acceptors (Lipinski definition) is 5. The zero-order valence-corrected chi connectivity index (χ0v) is 18.9. The molecule has 0 bridgehead atoms. The third-order valence-corrected chi connectivity index (χ3v) is 5.29. The highest BCUT2D eigenvalue weighted by Gasteiger charge is 2.30. The first-order valence-corrected chi connectivity index (χ1v) is 10.7. The van der Waals surface area contributed by atoms with E-state index in [1.165, 1.54) is 10.5 Å². The number of aromatic nitrogens is 1. The fraction of sp³-hybridized carbons (Fsp3) is 0.500. The van der Waals surface area contributed by atoms with Crippen LogP contribution in [0.15, 0.2) is 47.4 Å². The van der Waals surface area contributed by atoms with Crippen molar-refractivity contribution in [1.29, 1.82) is 0 Å².